The molecule has 1 aromatic carbocycles. The maximum Gasteiger partial charge on any atom is 0.312 e. The van der Waals surface area contributed by atoms with E-state index in [1.807, 2.05) is 23.1 Å². The molecule has 0 radical (unpaired) electrons. The lowest BCUT2D eigenvalue weighted by atomic mass is 10.2. The number of carbonyl (C=O) groups excluding carboxylic acids is 2. The number of rotatable bonds is 3. The molecule has 2 aromatic rings. The molecule has 0 aliphatic carbocycles. The molecule has 1 aromatic heterocycles. The van der Waals surface area contributed by atoms with Gasteiger partial charge in [0.05, 0.1) is 0 Å². The topological polar surface area (TPSA) is 72.9 Å². The summed E-state index contributed by atoms with van der Waals surface area (Å²) in [5.41, 5.74) is 1.27. The fourth-order valence-corrected chi connectivity index (χ4v) is 3.79. The SMILES string of the molecule is O=C(C(=O)N1CCN(c2ncccn2)CC1)N1CCN(Cc2ccccc2)CC1. The van der Waals surface area contributed by atoms with Crippen molar-refractivity contribution in [2.24, 2.45) is 0 Å². The van der Waals surface area contributed by atoms with Crippen LogP contribution in [0.4, 0.5) is 5.95 Å². The molecule has 0 saturated carbocycles. The monoisotopic (exact) mass is 394 g/mol. The normalized spacial score (nSPS) is 18.0. The highest BCUT2D eigenvalue weighted by molar-refractivity contribution is 6.35. The molecule has 2 amide bonds. The molecule has 0 atom stereocenters. The summed E-state index contributed by atoms with van der Waals surface area (Å²) in [6.45, 7) is 5.92. The van der Waals surface area contributed by atoms with Crippen LogP contribution in [-0.2, 0) is 16.1 Å². The Kier molecular flexibility index (Phi) is 6.00. The van der Waals surface area contributed by atoms with Crippen molar-refractivity contribution in [3.05, 3.63) is 54.4 Å². The van der Waals surface area contributed by atoms with Gasteiger partial charge in [0.2, 0.25) is 5.95 Å². The zero-order valence-electron chi connectivity index (χ0n) is 16.5. The third-order valence-corrected chi connectivity index (χ3v) is 5.49. The summed E-state index contributed by atoms with van der Waals surface area (Å²) in [6.07, 6.45) is 3.42. The molecule has 152 valence electrons. The first-order valence-corrected chi connectivity index (χ1v) is 10.1. The summed E-state index contributed by atoms with van der Waals surface area (Å²) in [5.74, 6) is -0.107. The maximum atomic E-state index is 12.7. The van der Waals surface area contributed by atoms with Gasteiger partial charge in [0.1, 0.15) is 0 Å². The predicted molar refractivity (Wildman–Crippen MR) is 109 cm³/mol. The molecule has 29 heavy (non-hydrogen) atoms. The first kappa shape index (κ1) is 19.3. The van der Waals surface area contributed by atoms with Crippen molar-refractivity contribution >= 4 is 17.8 Å². The van der Waals surface area contributed by atoms with Crippen LogP contribution < -0.4 is 4.90 Å². The number of anilines is 1. The second-order valence-electron chi connectivity index (χ2n) is 7.38. The molecular weight excluding hydrogens is 368 g/mol. The van der Waals surface area contributed by atoms with E-state index >= 15 is 0 Å². The average molecular weight is 394 g/mol. The number of carbonyl (C=O) groups is 2. The molecule has 2 saturated heterocycles. The van der Waals surface area contributed by atoms with Crippen molar-refractivity contribution < 1.29 is 9.59 Å². The third kappa shape index (κ3) is 4.71. The van der Waals surface area contributed by atoms with Gasteiger partial charge in [-0.1, -0.05) is 30.3 Å². The Morgan fingerprint density at radius 2 is 1.28 bits per heavy atom. The minimum Gasteiger partial charge on any atom is -0.337 e. The Morgan fingerprint density at radius 1 is 0.724 bits per heavy atom. The molecule has 8 heteroatoms. The minimum absolute atomic E-state index is 0.381. The number of amides is 2. The molecule has 0 bridgehead atoms. The minimum atomic E-state index is -0.393. The molecule has 4 rings (SSSR count). The van der Waals surface area contributed by atoms with Gasteiger partial charge in [-0.25, -0.2) is 9.97 Å². The zero-order chi connectivity index (χ0) is 20.1. The number of aromatic nitrogens is 2. The van der Waals surface area contributed by atoms with Crippen LogP contribution in [0.3, 0.4) is 0 Å². The molecule has 2 aliphatic heterocycles. The van der Waals surface area contributed by atoms with Crippen LogP contribution in [0.1, 0.15) is 5.56 Å². The van der Waals surface area contributed by atoms with Gasteiger partial charge in [0, 0.05) is 71.3 Å². The van der Waals surface area contributed by atoms with E-state index in [9.17, 15) is 9.59 Å². The molecule has 0 N–H and O–H groups in total. The zero-order valence-corrected chi connectivity index (χ0v) is 16.5. The quantitative estimate of drug-likeness (QED) is 0.705. The first-order chi connectivity index (χ1) is 14.2. The van der Waals surface area contributed by atoms with E-state index < -0.39 is 5.91 Å². The van der Waals surface area contributed by atoms with Gasteiger partial charge < -0.3 is 14.7 Å². The molecule has 0 spiro atoms. The molecule has 2 aliphatic rings. The van der Waals surface area contributed by atoms with Crippen molar-refractivity contribution in [2.75, 3.05) is 57.3 Å². The van der Waals surface area contributed by atoms with Gasteiger partial charge in [-0.05, 0) is 11.6 Å². The van der Waals surface area contributed by atoms with Gasteiger partial charge >= 0.3 is 11.8 Å². The van der Waals surface area contributed by atoms with Crippen molar-refractivity contribution in [1.29, 1.82) is 0 Å². The summed E-state index contributed by atoms with van der Waals surface area (Å²) in [5, 5.41) is 0. The number of nitrogens with zero attached hydrogens (tertiary/aromatic N) is 6. The Bertz CT molecular complexity index is 816. The molecule has 8 nitrogen and oxygen atoms in total. The Hall–Kier alpha value is -3.00. The van der Waals surface area contributed by atoms with Crippen molar-refractivity contribution in [2.45, 2.75) is 6.54 Å². The third-order valence-electron chi connectivity index (χ3n) is 5.49. The predicted octanol–water partition coefficient (Wildman–Crippen LogP) is 0.470. The maximum absolute atomic E-state index is 12.7. The lowest BCUT2D eigenvalue weighted by molar-refractivity contribution is -0.153. The van der Waals surface area contributed by atoms with Crippen LogP contribution in [0.5, 0.6) is 0 Å². The van der Waals surface area contributed by atoms with Crippen molar-refractivity contribution in [3.63, 3.8) is 0 Å². The van der Waals surface area contributed by atoms with E-state index in [1.54, 1.807) is 28.3 Å². The number of hydrogen-bond donors (Lipinski definition) is 0. The lowest BCUT2D eigenvalue weighted by Gasteiger charge is -2.37. The second kappa shape index (κ2) is 9.00. The van der Waals surface area contributed by atoms with E-state index in [1.165, 1.54) is 5.56 Å². The largest absolute Gasteiger partial charge is 0.337 e. The van der Waals surface area contributed by atoms with E-state index in [0.29, 0.717) is 45.2 Å². The summed E-state index contributed by atoms with van der Waals surface area (Å²) in [6, 6.07) is 12.1. The van der Waals surface area contributed by atoms with Gasteiger partial charge in [0.25, 0.3) is 0 Å². The smallest absolute Gasteiger partial charge is 0.312 e. The second-order valence-corrected chi connectivity index (χ2v) is 7.38. The van der Waals surface area contributed by atoms with Gasteiger partial charge in [-0.2, -0.15) is 0 Å². The van der Waals surface area contributed by atoms with Crippen LogP contribution in [0.2, 0.25) is 0 Å². The van der Waals surface area contributed by atoms with Crippen molar-refractivity contribution in [3.8, 4) is 0 Å². The molecule has 3 heterocycles. The summed E-state index contributed by atoms with van der Waals surface area (Å²) >= 11 is 0. The van der Waals surface area contributed by atoms with Crippen LogP contribution in [0, 0.1) is 0 Å². The summed E-state index contributed by atoms with van der Waals surface area (Å²) < 4.78 is 0. The van der Waals surface area contributed by atoms with E-state index in [-0.39, 0.29) is 5.91 Å². The summed E-state index contributed by atoms with van der Waals surface area (Å²) in [4.78, 5) is 41.6. The summed E-state index contributed by atoms with van der Waals surface area (Å²) in [7, 11) is 0. The highest BCUT2D eigenvalue weighted by Gasteiger charge is 2.31. The fourth-order valence-electron chi connectivity index (χ4n) is 3.79. The van der Waals surface area contributed by atoms with Gasteiger partial charge in [-0.15, -0.1) is 0 Å². The Labute approximate surface area is 170 Å². The van der Waals surface area contributed by atoms with E-state index in [2.05, 4.69) is 27.0 Å². The van der Waals surface area contributed by atoms with Crippen LogP contribution in [0.25, 0.3) is 0 Å². The number of benzene rings is 1. The molecular formula is C21H26N6O2. The first-order valence-electron chi connectivity index (χ1n) is 10.1. The Balaban J connectivity index is 1.24. The lowest BCUT2D eigenvalue weighted by Crippen LogP contribution is -2.56. The van der Waals surface area contributed by atoms with Crippen LogP contribution >= 0.6 is 0 Å². The van der Waals surface area contributed by atoms with Gasteiger partial charge in [-0.3, -0.25) is 14.5 Å². The van der Waals surface area contributed by atoms with Crippen LogP contribution in [-0.4, -0.2) is 88.8 Å². The number of piperazine rings is 2. The fraction of sp³-hybridized carbons (Fsp3) is 0.429. The Morgan fingerprint density at radius 3 is 1.86 bits per heavy atom. The van der Waals surface area contributed by atoms with E-state index in [4.69, 9.17) is 0 Å². The average Bonchev–Trinajstić information content (AvgIpc) is 2.80. The van der Waals surface area contributed by atoms with Crippen molar-refractivity contribution in [1.82, 2.24) is 24.7 Å². The van der Waals surface area contributed by atoms with Gasteiger partial charge in [0.15, 0.2) is 0 Å². The highest BCUT2D eigenvalue weighted by atomic mass is 16.2. The number of hydrogen-bond acceptors (Lipinski definition) is 6. The van der Waals surface area contributed by atoms with Crippen LogP contribution in [0.15, 0.2) is 48.8 Å². The highest BCUT2D eigenvalue weighted by Crippen LogP contribution is 2.12. The van der Waals surface area contributed by atoms with E-state index in [0.717, 1.165) is 19.6 Å². The molecule has 2 fully saturated rings. The standard InChI is InChI=1S/C21H26N6O2/c28-19(25-11-9-24(10-12-25)17-18-5-2-1-3-6-18)20(29)26-13-15-27(16-14-26)21-22-7-4-8-23-21/h1-8H,9-17H2. The molecule has 0 unspecified atom stereocenters.